The summed E-state index contributed by atoms with van der Waals surface area (Å²) in [7, 11) is 0. The number of nitrogens with zero attached hydrogens (tertiary/aromatic N) is 1. The number of hydrogen-bond acceptors (Lipinski definition) is 4. The number of carbonyl (C=O) groups is 3. The summed E-state index contributed by atoms with van der Waals surface area (Å²) < 4.78 is 13.2. The van der Waals surface area contributed by atoms with Crippen LogP contribution < -0.4 is 16.1 Å². The molecule has 3 rings (SSSR count). The predicted molar refractivity (Wildman–Crippen MR) is 101 cm³/mol. The maximum atomic E-state index is 13.2. The Morgan fingerprint density at radius 1 is 1.18 bits per heavy atom. The highest BCUT2D eigenvalue weighted by atomic mass is 19.1. The van der Waals surface area contributed by atoms with Gasteiger partial charge in [-0.2, -0.15) is 5.01 Å². The van der Waals surface area contributed by atoms with Crippen molar-refractivity contribution < 1.29 is 18.8 Å². The van der Waals surface area contributed by atoms with E-state index >= 15 is 0 Å². The highest BCUT2D eigenvalue weighted by Gasteiger charge is 2.52. The molecule has 0 bridgehead atoms. The van der Waals surface area contributed by atoms with E-state index in [1.54, 1.807) is 12.1 Å². The second-order valence-electron chi connectivity index (χ2n) is 7.90. The molecule has 1 aliphatic heterocycles. The standard InChI is InChI=1S/C20H27FN4O3/c1-13(2)17(14-6-8-15(21)9-7-14)22-12-16(26)24-25-18(27)20(23-19(25)28)10-4-3-5-11-20/h6-9,13,17,22H,3-5,10-12H2,1-2H3,(H,23,28)(H,24,26)/t17-/m1/s1. The number of carbonyl (C=O) groups excluding carboxylic acids is 3. The number of rotatable bonds is 6. The first-order valence-corrected chi connectivity index (χ1v) is 9.77. The number of hydrogen-bond donors (Lipinski definition) is 3. The van der Waals surface area contributed by atoms with Gasteiger partial charge in [0.1, 0.15) is 11.4 Å². The van der Waals surface area contributed by atoms with Crippen molar-refractivity contribution in [1.82, 2.24) is 21.1 Å². The van der Waals surface area contributed by atoms with Crippen LogP contribution in [0.5, 0.6) is 0 Å². The molecule has 1 spiro atoms. The van der Waals surface area contributed by atoms with Crippen LogP contribution in [0.2, 0.25) is 0 Å². The lowest BCUT2D eigenvalue weighted by Gasteiger charge is -2.30. The smallest absolute Gasteiger partial charge is 0.322 e. The summed E-state index contributed by atoms with van der Waals surface area (Å²) in [5.74, 6) is -1.03. The molecular formula is C20H27FN4O3. The van der Waals surface area contributed by atoms with E-state index in [-0.39, 0.29) is 30.2 Å². The van der Waals surface area contributed by atoms with Gasteiger partial charge in [-0.25, -0.2) is 9.18 Å². The van der Waals surface area contributed by atoms with Gasteiger partial charge in [0.05, 0.1) is 6.54 Å². The molecule has 0 radical (unpaired) electrons. The molecule has 1 aliphatic carbocycles. The van der Waals surface area contributed by atoms with Gasteiger partial charge in [0.2, 0.25) is 0 Å². The van der Waals surface area contributed by atoms with Gasteiger partial charge in [0.15, 0.2) is 0 Å². The van der Waals surface area contributed by atoms with E-state index in [1.165, 1.54) is 12.1 Å². The summed E-state index contributed by atoms with van der Waals surface area (Å²) in [6.07, 6.45) is 4.00. The summed E-state index contributed by atoms with van der Waals surface area (Å²) in [5, 5.41) is 6.68. The molecule has 1 saturated heterocycles. The molecule has 152 valence electrons. The van der Waals surface area contributed by atoms with Gasteiger partial charge < -0.3 is 10.6 Å². The van der Waals surface area contributed by atoms with Gasteiger partial charge in [-0.05, 0) is 36.5 Å². The van der Waals surface area contributed by atoms with Crippen LogP contribution in [-0.2, 0) is 9.59 Å². The molecule has 1 saturated carbocycles. The molecule has 8 heteroatoms. The molecule has 7 nitrogen and oxygen atoms in total. The lowest BCUT2D eigenvalue weighted by molar-refractivity contribution is -0.139. The van der Waals surface area contributed by atoms with Crippen molar-refractivity contribution >= 4 is 17.8 Å². The molecule has 1 aromatic rings. The average Bonchev–Trinajstić information content (AvgIpc) is 2.87. The molecular weight excluding hydrogens is 363 g/mol. The van der Waals surface area contributed by atoms with Gasteiger partial charge in [0, 0.05) is 6.04 Å². The predicted octanol–water partition coefficient (Wildman–Crippen LogP) is 2.40. The Morgan fingerprint density at radius 2 is 1.82 bits per heavy atom. The van der Waals surface area contributed by atoms with Gasteiger partial charge in [-0.15, -0.1) is 0 Å². The van der Waals surface area contributed by atoms with Crippen LogP contribution >= 0.6 is 0 Å². The fourth-order valence-electron chi connectivity index (χ4n) is 3.99. The highest BCUT2D eigenvalue weighted by Crippen LogP contribution is 2.33. The second-order valence-corrected chi connectivity index (χ2v) is 7.90. The number of urea groups is 1. The van der Waals surface area contributed by atoms with E-state index in [0.717, 1.165) is 29.8 Å². The summed E-state index contributed by atoms with van der Waals surface area (Å²) in [5.41, 5.74) is 2.41. The van der Waals surface area contributed by atoms with Crippen LogP contribution in [0.4, 0.5) is 9.18 Å². The molecule has 2 aliphatic rings. The Hall–Kier alpha value is -2.48. The van der Waals surface area contributed by atoms with Crippen LogP contribution in [0, 0.1) is 11.7 Å². The number of benzene rings is 1. The van der Waals surface area contributed by atoms with Gasteiger partial charge in [0.25, 0.3) is 11.8 Å². The van der Waals surface area contributed by atoms with E-state index < -0.39 is 17.5 Å². The van der Waals surface area contributed by atoms with Crippen LogP contribution in [0.1, 0.15) is 57.6 Å². The van der Waals surface area contributed by atoms with Crippen molar-refractivity contribution in [2.75, 3.05) is 6.54 Å². The maximum absolute atomic E-state index is 13.2. The minimum Gasteiger partial charge on any atom is -0.322 e. The van der Waals surface area contributed by atoms with Crippen molar-refractivity contribution in [3.8, 4) is 0 Å². The summed E-state index contributed by atoms with van der Waals surface area (Å²) in [6.45, 7) is 3.90. The molecule has 1 heterocycles. The Bertz CT molecular complexity index is 744. The Kier molecular flexibility index (Phi) is 5.98. The van der Waals surface area contributed by atoms with Crippen LogP contribution in [-0.4, -0.2) is 34.9 Å². The quantitative estimate of drug-likeness (QED) is 0.651. The lowest BCUT2D eigenvalue weighted by Crippen LogP contribution is -2.52. The zero-order valence-electron chi connectivity index (χ0n) is 16.3. The molecule has 3 N–H and O–H groups in total. The zero-order chi connectivity index (χ0) is 20.3. The first kappa shape index (κ1) is 20.3. The van der Waals surface area contributed by atoms with E-state index in [1.807, 2.05) is 13.8 Å². The third-order valence-electron chi connectivity index (χ3n) is 5.48. The first-order valence-electron chi connectivity index (χ1n) is 9.77. The summed E-state index contributed by atoms with van der Waals surface area (Å²) >= 11 is 0. The number of imide groups is 1. The minimum atomic E-state index is -0.870. The SMILES string of the molecule is CC(C)[C@@H](NCC(=O)NN1C(=O)NC2(CCCCC2)C1=O)c1ccc(F)cc1. The normalized spacial score (nSPS) is 19.8. The average molecular weight is 390 g/mol. The van der Waals surface area contributed by atoms with Crippen molar-refractivity contribution in [2.24, 2.45) is 5.92 Å². The third kappa shape index (κ3) is 4.16. The Balaban J connectivity index is 1.59. The second kappa shape index (κ2) is 8.26. The monoisotopic (exact) mass is 390 g/mol. The molecule has 0 unspecified atom stereocenters. The van der Waals surface area contributed by atoms with Crippen molar-refractivity contribution in [2.45, 2.75) is 57.5 Å². The van der Waals surface area contributed by atoms with Crippen LogP contribution in [0.15, 0.2) is 24.3 Å². The number of nitrogens with one attached hydrogen (secondary N) is 3. The third-order valence-corrected chi connectivity index (χ3v) is 5.48. The van der Waals surface area contributed by atoms with Crippen molar-refractivity contribution in [3.63, 3.8) is 0 Å². The largest absolute Gasteiger partial charge is 0.344 e. The number of amides is 4. The van der Waals surface area contributed by atoms with E-state index in [0.29, 0.717) is 12.8 Å². The number of hydrazine groups is 1. The van der Waals surface area contributed by atoms with Crippen LogP contribution in [0.3, 0.4) is 0 Å². The fraction of sp³-hybridized carbons (Fsp3) is 0.550. The lowest BCUT2D eigenvalue weighted by atomic mass is 9.82. The molecule has 4 amide bonds. The molecule has 0 aromatic heterocycles. The zero-order valence-corrected chi connectivity index (χ0v) is 16.3. The minimum absolute atomic E-state index is 0.0791. The molecule has 1 aromatic carbocycles. The van der Waals surface area contributed by atoms with Gasteiger partial charge in [-0.1, -0.05) is 45.2 Å². The van der Waals surface area contributed by atoms with Gasteiger partial charge >= 0.3 is 6.03 Å². The maximum Gasteiger partial charge on any atom is 0.344 e. The van der Waals surface area contributed by atoms with E-state index in [2.05, 4.69) is 16.1 Å². The first-order chi connectivity index (χ1) is 13.3. The molecule has 2 fully saturated rings. The Morgan fingerprint density at radius 3 is 2.43 bits per heavy atom. The molecule has 1 atom stereocenters. The number of halogens is 1. The van der Waals surface area contributed by atoms with E-state index in [9.17, 15) is 18.8 Å². The van der Waals surface area contributed by atoms with Gasteiger partial charge in [-0.3, -0.25) is 15.0 Å². The Labute approximate surface area is 164 Å². The van der Waals surface area contributed by atoms with Crippen molar-refractivity contribution in [3.05, 3.63) is 35.6 Å². The topological polar surface area (TPSA) is 90.5 Å². The molecule has 28 heavy (non-hydrogen) atoms. The summed E-state index contributed by atoms with van der Waals surface area (Å²) in [4.78, 5) is 37.3. The van der Waals surface area contributed by atoms with Crippen molar-refractivity contribution in [1.29, 1.82) is 0 Å². The fourth-order valence-corrected chi connectivity index (χ4v) is 3.99. The van der Waals surface area contributed by atoms with Crippen LogP contribution in [0.25, 0.3) is 0 Å². The highest BCUT2D eigenvalue weighted by molar-refractivity contribution is 6.08. The summed E-state index contributed by atoms with van der Waals surface area (Å²) in [6, 6.07) is 5.36. The van der Waals surface area contributed by atoms with E-state index in [4.69, 9.17) is 0 Å².